The predicted octanol–water partition coefficient (Wildman–Crippen LogP) is 5.35. The number of methoxy groups -OCH3 is 1. The Morgan fingerprint density at radius 3 is 2.58 bits per heavy atom. The molecule has 6 nitrogen and oxygen atoms in total. The summed E-state index contributed by atoms with van der Waals surface area (Å²) >= 11 is 0. The van der Waals surface area contributed by atoms with Crippen LogP contribution in [0.15, 0.2) is 60.8 Å². The summed E-state index contributed by atoms with van der Waals surface area (Å²) in [6.07, 6.45) is 7.45. The van der Waals surface area contributed by atoms with Crippen LogP contribution < -0.4 is 9.47 Å². The van der Waals surface area contributed by atoms with Gasteiger partial charge in [-0.15, -0.1) is 0 Å². The minimum atomic E-state index is 0.0394. The van der Waals surface area contributed by atoms with Gasteiger partial charge >= 0.3 is 0 Å². The Bertz CT molecular complexity index is 1050. The highest BCUT2D eigenvalue weighted by atomic mass is 16.5. The Hall–Kier alpha value is -3.41. The summed E-state index contributed by atoms with van der Waals surface area (Å²) in [7, 11) is 3.52. The number of ether oxygens (including phenoxy) is 2. The van der Waals surface area contributed by atoms with E-state index in [0.717, 1.165) is 18.4 Å². The molecule has 0 unspecified atom stereocenters. The first kappa shape index (κ1) is 20.8. The average Bonchev–Trinajstić information content (AvgIpc) is 2.84. The van der Waals surface area contributed by atoms with Crippen molar-refractivity contribution >= 4 is 5.91 Å². The number of carbonyl (C=O) groups is 1. The molecule has 160 valence electrons. The summed E-state index contributed by atoms with van der Waals surface area (Å²) in [5.74, 6) is 2.31. The fraction of sp³-hybridized carbons (Fsp3) is 0.320. The second-order valence-corrected chi connectivity index (χ2v) is 7.79. The Morgan fingerprint density at radius 2 is 1.77 bits per heavy atom. The van der Waals surface area contributed by atoms with Gasteiger partial charge in [-0.2, -0.15) is 4.98 Å². The highest BCUT2D eigenvalue weighted by Gasteiger charge is 2.23. The maximum Gasteiger partial charge on any atom is 0.253 e. The first-order valence-electron chi connectivity index (χ1n) is 10.7. The number of hydrogen-bond donors (Lipinski definition) is 0. The van der Waals surface area contributed by atoms with Gasteiger partial charge in [-0.3, -0.25) is 4.79 Å². The van der Waals surface area contributed by atoms with Crippen molar-refractivity contribution in [2.45, 2.75) is 38.1 Å². The number of nitrogens with zero attached hydrogens (tertiary/aromatic N) is 3. The van der Waals surface area contributed by atoms with E-state index < -0.39 is 0 Å². The molecule has 31 heavy (non-hydrogen) atoms. The predicted molar refractivity (Wildman–Crippen MR) is 120 cm³/mol. The van der Waals surface area contributed by atoms with Crippen LogP contribution in [0, 0.1) is 0 Å². The fourth-order valence-electron chi connectivity index (χ4n) is 3.95. The summed E-state index contributed by atoms with van der Waals surface area (Å²) < 4.78 is 11.1. The van der Waals surface area contributed by atoms with Crippen LogP contribution in [-0.4, -0.2) is 41.0 Å². The molecule has 0 N–H and O–H groups in total. The lowest BCUT2D eigenvalue weighted by atomic mass is 9.94. The van der Waals surface area contributed by atoms with Gasteiger partial charge in [0.25, 0.3) is 5.91 Å². The first-order valence-corrected chi connectivity index (χ1v) is 10.7. The molecule has 1 heterocycles. The van der Waals surface area contributed by atoms with Crippen molar-refractivity contribution in [2.24, 2.45) is 0 Å². The third-order valence-electron chi connectivity index (χ3n) is 5.70. The normalized spacial score (nSPS) is 14.1. The zero-order chi connectivity index (χ0) is 21.6. The van der Waals surface area contributed by atoms with E-state index >= 15 is 0 Å². The number of rotatable bonds is 6. The molecule has 2 aromatic carbocycles. The van der Waals surface area contributed by atoms with E-state index in [1.807, 2.05) is 54.4 Å². The molecule has 1 fully saturated rings. The quantitative estimate of drug-likeness (QED) is 0.541. The number of aromatic nitrogens is 2. The van der Waals surface area contributed by atoms with Crippen molar-refractivity contribution in [3.05, 3.63) is 66.4 Å². The number of amides is 1. The van der Waals surface area contributed by atoms with Crippen molar-refractivity contribution in [1.82, 2.24) is 14.9 Å². The molecule has 0 radical (unpaired) electrons. The molecule has 1 aromatic heterocycles. The Morgan fingerprint density at radius 1 is 1.00 bits per heavy atom. The molecule has 0 atom stereocenters. The van der Waals surface area contributed by atoms with Crippen LogP contribution in [0.4, 0.5) is 0 Å². The SMILES string of the molecule is COc1cccc(Oc2ccnc(-c3cccc(C(=O)N(C)C4CCCCC4)c3)n2)c1. The monoisotopic (exact) mass is 417 g/mol. The van der Waals surface area contributed by atoms with E-state index in [9.17, 15) is 4.79 Å². The van der Waals surface area contributed by atoms with Gasteiger partial charge in [0.1, 0.15) is 11.5 Å². The minimum absolute atomic E-state index is 0.0394. The van der Waals surface area contributed by atoms with Crippen LogP contribution in [0.1, 0.15) is 42.5 Å². The van der Waals surface area contributed by atoms with Gasteiger partial charge in [0.2, 0.25) is 5.88 Å². The Labute approximate surface area is 182 Å². The topological polar surface area (TPSA) is 64.6 Å². The van der Waals surface area contributed by atoms with Crippen LogP contribution in [0.3, 0.4) is 0 Å². The molecule has 1 amide bonds. The lowest BCUT2D eigenvalue weighted by Gasteiger charge is -2.31. The second-order valence-electron chi connectivity index (χ2n) is 7.79. The highest BCUT2D eigenvalue weighted by Crippen LogP contribution is 2.27. The van der Waals surface area contributed by atoms with Crippen LogP contribution >= 0.6 is 0 Å². The first-order chi connectivity index (χ1) is 15.1. The van der Waals surface area contributed by atoms with Crippen molar-refractivity contribution in [1.29, 1.82) is 0 Å². The van der Waals surface area contributed by atoms with Crippen molar-refractivity contribution in [2.75, 3.05) is 14.2 Å². The van der Waals surface area contributed by atoms with Crippen LogP contribution in [-0.2, 0) is 0 Å². The third-order valence-corrected chi connectivity index (χ3v) is 5.70. The molecule has 1 saturated carbocycles. The van der Waals surface area contributed by atoms with Gasteiger partial charge in [0, 0.05) is 42.5 Å². The number of carbonyl (C=O) groups excluding carboxylic acids is 1. The summed E-state index contributed by atoms with van der Waals surface area (Å²) in [6.45, 7) is 0. The summed E-state index contributed by atoms with van der Waals surface area (Å²) in [5, 5.41) is 0. The zero-order valence-corrected chi connectivity index (χ0v) is 18.0. The average molecular weight is 418 g/mol. The largest absolute Gasteiger partial charge is 0.497 e. The van der Waals surface area contributed by atoms with E-state index in [0.29, 0.717) is 34.8 Å². The molecular formula is C25H27N3O3. The van der Waals surface area contributed by atoms with E-state index in [1.54, 1.807) is 25.4 Å². The molecule has 4 rings (SSSR count). The Balaban J connectivity index is 1.53. The van der Waals surface area contributed by atoms with Crippen LogP contribution in [0.5, 0.6) is 17.4 Å². The lowest BCUT2D eigenvalue weighted by molar-refractivity contribution is 0.0696. The molecule has 3 aromatic rings. The standard InChI is InChI=1S/C25H27N3O3/c1-28(20-10-4-3-5-11-20)25(29)19-9-6-8-18(16-19)24-26-15-14-23(27-24)31-22-13-7-12-21(17-22)30-2/h6-9,12-17,20H,3-5,10-11H2,1-2H3. The van der Waals surface area contributed by atoms with Gasteiger partial charge in [0.05, 0.1) is 7.11 Å². The van der Waals surface area contributed by atoms with Gasteiger partial charge < -0.3 is 14.4 Å². The van der Waals surface area contributed by atoms with Gasteiger partial charge in [0.15, 0.2) is 5.82 Å². The fourth-order valence-corrected chi connectivity index (χ4v) is 3.95. The minimum Gasteiger partial charge on any atom is -0.497 e. The van der Waals surface area contributed by atoms with Gasteiger partial charge in [-0.05, 0) is 37.1 Å². The molecule has 1 aliphatic carbocycles. The number of benzene rings is 2. The lowest BCUT2D eigenvalue weighted by Crippen LogP contribution is -2.38. The van der Waals surface area contributed by atoms with Crippen LogP contribution in [0.2, 0.25) is 0 Å². The molecule has 0 bridgehead atoms. The number of hydrogen-bond acceptors (Lipinski definition) is 5. The van der Waals surface area contributed by atoms with E-state index in [2.05, 4.69) is 9.97 Å². The van der Waals surface area contributed by atoms with Crippen molar-refractivity contribution in [3.63, 3.8) is 0 Å². The molecule has 1 aliphatic rings. The summed E-state index contributed by atoms with van der Waals surface area (Å²) in [6, 6.07) is 16.8. The Kier molecular flexibility index (Phi) is 6.46. The highest BCUT2D eigenvalue weighted by molar-refractivity contribution is 5.95. The van der Waals surface area contributed by atoms with Crippen molar-refractivity contribution < 1.29 is 14.3 Å². The van der Waals surface area contributed by atoms with Crippen LogP contribution in [0.25, 0.3) is 11.4 Å². The van der Waals surface area contributed by atoms with Gasteiger partial charge in [-0.1, -0.05) is 37.5 Å². The smallest absolute Gasteiger partial charge is 0.253 e. The van der Waals surface area contributed by atoms with Gasteiger partial charge in [-0.25, -0.2) is 4.98 Å². The maximum absolute atomic E-state index is 13.0. The second kappa shape index (κ2) is 9.60. The van der Waals surface area contributed by atoms with E-state index in [-0.39, 0.29) is 5.91 Å². The summed E-state index contributed by atoms with van der Waals surface area (Å²) in [4.78, 5) is 23.8. The maximum atomic E-state index is 13.0. The molecule has 0 aliphatic heterocycles. The van der Waals surface area contributed by atoms with E-state index in [1.165, 1.54) is 19.3 Å². The van der Waals surface area contributed by atoms with E-state index in [4.69, 9.17) is 9.47 Å². The zero-order valence-electron chi connectivity index (χ0n) is 18.0. The van der Waals surface area contributed by atoms with Crippen molar-refractivity contribution in [3.8, 4) is 28.8 Å². The molecule has 6 heteroatoms. The third kappa shape index (κ3) is 5.02. The molecule has 0 saturated heterocycles. The molecular weight excluding hydrogens is 390 g/mol. The summed E-state index contributed by atoms with van der Waals surface area (Å²) in [5.41, 5.74) is 1.42. The molecule has 0 spiro atoms.